The molecule has 0 aliphatic heterocycles. The first-order valence-electron chi connectivity index (χ1n) is 8.89. The van der Waals surface area contributed by atoms with Crippen LogP contribution >= 0.6 is 0 Å². The van der Waals surface area contributed by atoms with E-state index in [1.165, 1.54) is 17.6 Å². The lowest BCUT2D eigenvalue weighted by Crippen LogP contribution is -2.32. The Labute approximate surface area is 153 Å². The second-order valence-electron chi connectivity index (χ2n) is 7.90. The molecule has 0 fully saturated rings. The fourth-order valence-corrected chi connectivity index (χ4v) is 5.58. The third kappa shape index (κ3) is 4.83. The van der Waals surface area contributed by atoms with Crippen LogP contribution in [0.15, 0.2) is 62.9 Å². The average molecular weight is 362 g/mol. The first-order valence-corrected chi connectivity index (χ1v) is 10.6. The van der Waals surface area contributed by atoms with Crippen LogP contribution in [0.4, 0.5) is 0 Å². The van der Waals surface area contributed by atoms with Crippen LogP contribution in [-0.2, 0) is 9.73 Å². The molecular weight excluding hydrogens is 330 g/mol. The molecule has 2 unspecified atom stereocenters. The lowest BCUT2D eigenvalue weighted by Gasteiger charge is -2.33. The van der Waals surface area contributed by atoms with Crippen LogP contribution < -0.4 is 0 Å². The minimum absolute atomic E-state index is 0.0871. The topological polar surface area (TPSA) is 49.7 Å². The predicted octanol–water partition coefficient (Wildman–Crippen LogP) is 4.98. The van der Waals surface area contributed by atoms with Crippen molar-refractivity contribution >= 4 is 9.73 Å². The molecule has 0 saturated carbocycles. The lowest BCUT2D eigenvalue weighted by molar-refractivity contribution is 0.136. The van der Waals surface area contributed by atoms with E-state index in [1.54, 1.807) is 20.0 Å². The number of benzene rings is 1. The maximum Gasteiger partial charge on any atom is 0.0929 e. The molecule has 0 spiro atoms. The number of allylic oxidation sites excluding steroid dienone is 3. The molecule has 2 rings (SSSR count). The summed E-state index contributed by atoms with van der Waals surface area (Å²) in [6.45, 7) is 8.38. The van der Waals surface area contributed by atoms with Crippen LogP contribution in [-0.4, -0.2) is 27.7 Å². The van der Waals surface area contributed by atoms with Gasteiger partial charge in [-0.1, -0.05) is 49.8 Å². The zero-order valence-electron chi connectivity index (χ0n) is 16.1. The van der Waals surface area contributed by atoms with Crippen molar-refractivity contribution < 1.29 is 9.32 Å². The first-order chi connectivity index (χ1) is 11.6. The van der Waals surface area contributed by atoms with Crippen molar-refractivity contribution in [3.8, 4) is 0 Å². The molecule has 138 valence electrons. The Morgan fingerprint density at radius 1 is 1.32 bits per heavy atom. The van der Waals surface area contributed by atoms with E-state index in [9.17, 15) is 9.32 Å². The van der Waals surface area contributed by atoms with E-state index in [-0.39, 0.29) is 11.2 Å². The summed E-state index contributed by atoms with van der Waals surface area (Å²) >= 11 is 0. The molecule has 0 bridgehead atoms. The highest BCUT2D eigenvalue weighted by Crippen LogP contribution is 2.41. The predicted molar refractivity (Wildman–Crippen MR) is 106 cm³/mol. The Morgan fingerprint density at radius 2 is 1.96 bits per heavy atom. The minimum atomic E-state index is -2.65. The van der Waals surface area contributed by atoms with E-state index in [4.69, 9.17) is 0 Å². The van der Waals surface area contributed by atoms with Crippen molar-refractivity contribution in [2.45, 2.75) is 57.5 Å². The molecule has 0 saturated heterocycles. The molecular formula is C21H31NO2S. The van der Waals surface area contributed by atoms with Crippen LogP contribution in [0.25, 0.3) is 0 Å². The van der Waals surface area contributed by atoms with Crippen LogP contribution in [0.1, 0.15) is 47.0 Å². The van der Waals surface area contributed by atoms with Gasteiger partial charge in [-0.3, -0.25) is 0 Å². The number of nitrogens with zero attached hydrogens (tertiary/aromatic N) is 1. The molecule has 25 heavy (non-hydrogen) atoms. The average Bonchev–Trinajstić information content (AvgIpc) is 2.54. The van der Waals surface area contributed by atoms with Gasteiger partial charge >= 0.3 is 0 Å². The van der Waals surface area contributed by atoms with Gasteiger partial charge in [-0.05, 0) is 56.2 Å². The number of hydrogen-bond acceptors (Lipinski definition) is 3. The Balaban J connectivity index is 2.29. The number of rotatable bonds is 5. The standard InChI is InChI=1S/C21H31NO2S/c1-17-10-9-14-20(2,3)19(17)13-15-21(4,23)16-25(24,22-5)18-11-7-6-8-12-18/h6-8,11-13,15,23H,9-10,14,16H2,1-5H3/b15-13+. The summed E-state index contributed by atoms with van der Waals surface area (Å²) < 4.78 is 17.4. The molecule has 0 radical (unpaired) electrons. The largest absolute Gasteiger partial charge is 0.385 e. The van der Waals surface area contributed by atoms with Crippen molar-refractivity contribution in [1.29, 1.82) is 0 Å². The van der Waals surface area contributed by atoms with Crippen LogP contribution in [0.2, 0.25) is 0 Å². The normalized spacial score (nSPS) is 22.5. The molecule has 1 aliphatic rings. The van der Waals surface area contributed by atoms with Crippen molar-refractivity contribution in [2.24, 2.45) is 9.78 Å². The van der Waals surface area contributed by atoms with Crippen LogP contribution in [0, 0.1) is 5.41 Å². The Hall–Kier alpha value is -1.39. The second-order valence-corrected chi connectivity index (χ2v) is 10.3. The van der Waals surface area contributed by atoms with Gasteiger partial charge in [0.25, 0.3) is 0 Å². The summed E-state index contributed by atoms with van der Waals surface area (Å²) in [6, 6.07) is 9.21. The molecule has 2 atom stereocenters. The zero-order valence-corrected chi connectivity index (χ0v) is 16.9. The molecule has 1 aromatic rings. The summed E-state index contributed by atoms with van der Waals surface area (Å²) in [5.74, 6) is 0.0871. The van der Waals surface area contributed by atoms with Gasteiger partial charge in [0.1, 0.15) is 0 Å². The van der Waals surface area contributed by atoms with Crippen molar-refractivity contribution in [3.05, 3.63) is 53.6 Å². The van der Waals surface area contributed by atoms with Gasteiger partial charge in [0, 0.05) is 11.9 Å². The molecule has 1 aromatic carbocycles. The molecule has 1 N–H and O–H groups in total. The van der Waals surface area contributed by atoms with Gasteiger partial charge < -0.3 is 5.11 Å². The smallest absolute Gasteiger partial charge is 0.0929 e. The zero-order chi connectivity index (χ0) is 18.7. The summed E-state index contributed by atoms with van der Waals surface area (Å²) in [5.41, 5.74) is 1.60. The molecule has 3 nitrogen and oxygen atoms in total. The van der Waals surface area contributed by atoms with Gasteiger partial charge in [0.2, 0.25) is 0 Å². The van der Waals surface area contributed by atoms with E-state index < -0.39 is 15.3 Å². The SMILES string of the molecule is CN=S(=O)(CC(C)(O)/C=C/C1=C(C)CCCC1(C)C)c1ccccc1. The van der Waals surface area contributed by atoms with Gasteiger partial charge in [-0.2, -0.15) is 0 Å². The lowest BCUT2D eigenvalue weighted by atomic mass is 9.72. The fraction of sp³-hybridized carbons (Fsp3) is 0.524. The van der Waals surface area contributed by atoms with E-state index in [1.807, 2.05) is 36.4 Å². The molecule has 1 aliphatic carbocycles. The quantitative estimate of drug-likeness (QED) is 0.804. The summed E-state index contributed by atoms with van der Waals surface area (Å²) in [7, 11) is -1.09. The van der Waals surface area contributed by atoms with Crippen molar-refractivity contribution in [3.63, 3.8) is 0 Å². The van der Waals surface area contributed by atoms with Gasteiger partial charge in [0.15, 0.2) is 0 Å². The Morgan fingerprint density at radius 3 is 2.52 bits per heavy atom. The van der Waals surface area contributed by atoms with Gasteiger partial charge in [0.05, 0.1) is 21.1 Å². The highest BCUT2D eigenvalue weighted by atomic mass is 32.2. The maximum atomic E-state index is 13.2. The highest BCUT2D eigenvalue weighted by molar-refractivity contribution is 7.93. The second kappa shape index (κ2) is 7.46. The Bertz CT molecular complexity index is 779. The third-order valence-corrected chi connectivity index (χ3v) is 7.62. The van der Waals surface area contributed by atoms with Crippen molar-refractivity contribution in [1.82, 2.24) is 0 Å². The highest BCUT2D eigenvalue weighted by Gasteiger charge is 2.29. The summed E-state index contributed by atoms with van der Waals surface area (Å²) in [5, 5.41) is 10.9. The van der Waals surface area contributed by atoms with E-state index in [0.29, 0.717) is 4.90 Å². The fourth-order valence-electron chi connectivity index (χ4n) is 3.60. The molecule has 0 heterocycles. The van der Waals surface area contributed by atoms with Gasteiger partial charge in [-0.25, -0.2) is 8.57 Å². The maximum absolute atomic E-state index is 13.2. The van der Waals surface area contributed by atoms with Crippen molar-refractivity contribution in [2.75, 3.05) is 12.8 Å². The molecule has 0 aromatic heterocycles. The van der Waals surface area contributed by atoms with Gasteiger partial charge in [-0.15, -0.1) is 0 Å². The monoisotopic (exact) mass is 361 g/mol. The van der Waals surface area contributed by atoms with Crippen LogP contribution in [0.5, 0.6) is 0 Å². The molecule has 4 heteroatoms. The third-order valence-electron chi connectivity index (χ3n) is 5.05. The van der Waals surface area contributed by atoms with E-state index in [2.05, 4.69) is 25.1 Å². The van der Waals surface area contributed by atoms with Crippen LogP contribution in [0.3, 0.4) is 0 Å². The molecule has 0 amide bonds. The minimum Gasteiger partial charge on any atom is -0.385 e. The van der Waals surface area contributed by atoms with E-state index in [0.717, 1.165) is 12.8 Å². The number of hydrogen-bond donors (Lipinski definition) is 1. The first kappa shape index (κ1) is 19.9. The summed E-state index contributed by atoms with van der Waals surface area (Å²) in [6.07, 6.45) is 7.30. The Kier molecular flexibility index (Phi) is 5.95. The van der Waals surface area contributed by atoms with E-state index >= 15 is 0 Å². The number of aliphatic hydroxyl groups is 1. The summed E-state index contributed by atoms with van der Waals surface area (Å²) in [4.78, 5) is 0.666.